The van der Waals surface area contributed by atoms with Gasteiger partial charge in [-0.2, -0.15) is 0 Å². The summed E-state index contributed by atoms with van der Waals surface area (Å²) >= 11 is 0. The number of hydrogen-bond donors (Lipinski definition) is 1. The molecule has 0 bridgehead atoms. The molecule has 1 N–H and O–H groups in total. The van der Waals surface area contributed by atoms with Crippen LogP contribution in [0, 0.1) is 6.92 Å². The van der Waals surface area contributed by atoms with Crippen LogP contribution in [-0.4, -0.2) is 34.6 Å². The van der Waals surface area contributed by atoms with Gasteiger partial charge in [-0.3, -0.25) is 4.79 Å². The molecular formula is C12H17NO3. The SMILES string of the molecule is Cc1cc(C(=O)N2CCC(C)(O)CC2)co1. The molecule has 1 fully saturated rings. The quantitative estimate of drug-likeness (QED) is 0.786. The Bertz CT molecular complexity index is 385. The van der Waals surface area contributed by atoms with Gasteiger partial charge in [0.05, 0.1) is 11.2 Å². The zero-order valence-electron chi connectivity index (χ0n) is 9.69. The van der Waals surface area contributed by atoms with Gasteiger partial charge in [-0.15, -0.1) is 0 Å². The molecule has 1 amide bonds. The van der Waals surface area contributed by atoms with Crippen molar-refractivity contribution in [3.63, 3.8) is 0 Å². The van der Waals surface area contributed by atoms with Gasteiger partial charge in [-0.05, 0) is 32.8 Å². The molecule has 0 radical (unpaired) electrons. The summed E-state index contributed by atoms with van der Waals surface area (Å²) in [5.74, 6) is 0.736. The highest BCUT2D eigenvalue weighted by Gasteiger charge is 2.30. The third-order valence-electron chi connectivity index (χ3n) is 3.11. The summed E-state index contributed by atoms with van der Waals surface area (Å²) in [6.07, 6.45) is 2.76. The lowest BCUT2D eigenvalue weighted by atomic mass is 9.93. The summed E-state index contributed by atoms with van der Waals surface area (Å²) in [5.41, 5.74) is -0.0256. The number of amides is 1. The van der Waals surface area contributed by atoms with Crippen molar-refractivity contribution in [1.82, 2.24) is 4.90 Å². The van der Waals surface area contributed by atoms with E-state index in [0.29, 0.717) is 31.5 Å². The Balaban J connectivity index is 2.02. The fourth-order valence-corrected chi connectivity index (χ4v) is 1.93. The van der Waals surface area contributed by atoms with Crippen LogP contribution in [-0.2, 0) is 0 Å². The van der Waals surface area contributed by atoms with Crippen molar-refractivity contribution >= 4 is 5.91 Å². The minimum atomic E-state index is -0.622. The second kappa shape index (κ2) is 3.94. The van der Waals surface area contributed by atoms with E-state index in [0.717, 1.165) is 5.76 Å². The Kier molecular flexibility index (Phi) is 2.76. The van der Waals surface area contributed by atoms with Gasteiger partial charge in [0.2, 0.25) is 0 Å². The Morgan fingerprint density at radius 1 is 1.50 bits per heavy atom. The molecule has 0 aliphatic carbocycles. The molecule has 2 rings (SSSR count). The van der Waals surface area contributed by atoms with Crippen LogP contribution >= 0.6 is 0 Å². The van der Waals surface area contributed by atoms with Crippen LogP contribution in [0.15, 0.2) is 16.7 Å². The molecule has 4 heteroatoms. The van der Waals surface area contributed by atoms with Gasteiger partial charge in [0, 0.05) is 13.1 Å². The standard InChI is InChI=1S/C12H17NO3/c1-9-7-10(8-16-9)11(14)13-5-3-12(2,15)4-6-13/h7-8,15H,3-6H2,1-2H3. The van der Waals surface area contributed by atoms with E-state index in [1.54, 1.807) is 11.0 Å². The van der Waals surface area contributed by atoms with Crippen molar-refractivity contribution in [2.24, 2.45) is 0 Å². The van der Waals surface area contributed by atoms with Gasteiger partial charge in [-0.1, -0.05) is 0 Å². The van der Waals surface area contributed by atoms with Crippen LogP contribution < -0.4 is 0 Å². The second-order valence-corrected chi connectivity index (χ2v) is 4.74. The molecule has 1 aliphatic heterocycles. The molecular weight excluding hydrogens is 206 g/mol. The zero-order chi connectivity index (χ0) is 11.8. The minimum Gasteiger partial charge on any atom is -0.469 e. The number of rotatable bonds is 1. The van der Waals surface area contributed by atoms with Crippen LogP contribution in [0.3, 0.4) is 0 Å². The Hall–Kier alpha value is -1.29. The summed E-state index contributed by atoms with van der Waals surface area (Å²) in [4.78, 5) is 13.8. The van der Waals surface area contributed by atoms with Crippen molar-refractivity contribution in [3.8, 4) is 0 Å². The molecule has 0 saturated carbocycles. The number of aryl methyl sites for hydroxylation is 1. The van der Waals surface area contributed by atoms with Crippen LogP contribution in [0.5, 0.6) is 0 Å². The summed E-state index contributed by atoms with van der Waals surface area (Å²) < 4.78 is 5.12. The maximum Gasteiger partial charge on any atom is 0.257 e. The average Bonchev–Trinajstić information content (AvgIpc) is 2.64. The summed E-state index contributed by atoms with van der Waals surface area (Å²) in [5, 5.41) is 9.79. The molecule has 0 aromatic carbocycles. The largest absolute Gasteiger partial charge is 0.469 e. The number of hydrogen-bond acceptors (Lipinski definition) is 3. The molecule has 1 saturated heterocycles. The maximum atomic E-state index is 12.0. The first-order valence-electron chi connectivity index (χ1n) is 5.55. The second-order valence-electron chi connectivity index (χ2n) is 4.74. The predicted molar refractivity (Wildman–Crippen MR) is 59.2 cm³/mol. The molecule has 4 nitrogen and oxygen atoms in total. The van der Waals surface area contributed by atoms with Crippen molar-refractivity contribution in [2.75, 3.05) is 13.1 Å². The lowest BCUT2D eigenvalue weighted by Gasteiger charge is -2.35. The highest BCUT2D eigenvalue weighted by atomic mass is 16.3. The molecule has 1 aliphatic rings. The summed E-state index contributed by atoms with van der Waals surface area (Å²) in [7, 11) is 0. The molecule has 1 aromatic heterocycles. The van der Waals surface area contributed by atoms with Crippen molar-refractivity contribution < 1.29 is 14.3 Å². The third kappa shape index (κ3) is 2.27. The molecule has 2 heterocycles. The normalized spacial score (nSPS) is 19.8. The van der Waals surface area contributed by atoms with E-state index in [2.05, 4.69) is 0 Å². The maximum absolute atomic E-state index is 12.0. The van der Waals surface area contributed by atoms with Gasteiger partial charge >= 0.3 is 0 Å². The van der Waals surface area contributed by atoms with Crippen molar-refractivity contribution in [1.29, 1.82) is 0 Å². The van der Waals surface area contributed by atoms with E-state index in [9.17, 15) is 9.90 Å². The van der Waals surface area contributed by atoms with Gasteiger partial charge < -0.3 is 14.4 Å². The number of likely N-dealkylation sites (tertiary alicyclic amines) is 1. The van der Waals surface area contributed by atoms with Crippen LogP contribution in [0.2, 0.25) is 0 Å². The monoisotopic (exact) mass is 223 g/mol. The first kappa shape index (κ1) is 11.2. The zero-order valence-corrected chi connectivity index (χ0v) is 9.69. The number of carbonyl (C=O) groups is 1. The molecule has 16 heavy (non-hydrogen) atoms. The third-order valence-corrected chi connectivity index (χ3v) is 3.11. The smallest absolute Gasteiger partial charge is 0.257 e. The van der Waals surface area contributed by atoms with E-state index in [1.807, 2.05) is 13.8 Å². The topological polar surface area (TPSA) is 53.7 Å². The van der Waals surface area contributed by atoms with E-state index < -0.39 is 5.60 Å². The highest BCUT2D eigenvalue weighted by molar-refractivity contribution is 5.94. The molecule has 0 atom stereocenters. The number of nitrogens with zero attached hydrogens (tertiary/aromatic N) is 1. The fraction of sp³-hybridized carbons (Fsp3) is 0.583. The fourth-order valence-electron chi connectivity index (χ4n) is 1.93. The first-order valence-corrected chi connectivity index (χ1v) is 5.55. The average molecular weight is 223 g/mol. The predicted octanol–water partition coefficient (Wildman–Crippen LogP) is 1.58. The van der Waals surface area contributed by atoms with Crippen LogP contribution in [0.25, 0.3) is 0 Å². The Labute approximate surface area is 94.9 Å². The molecule has 88 valence electrons. The van der Waals surface area contributed by atoms with E-state index >= 15 is 0 Å². The minimum absolute atomic E-state index is 0.00708. The summed E-state index contributed by atoms with van der Waals surface area (Å²) in [6.45, 7) is 4.85. The van der Waals surface area contributed by atoms with Crippen LogP contribution in [0.4, 0.5) is 0 Å². The summed E-state index contributed by atoms with van der Waals surface area (Å²) in [6, 6.07) is 1.75. The first-order chi connectivity index (χ1) is 7.48. The number of aliphatic hydroxyl groups is 1. The molecule has 0 unspecified atom stereocenters. The van der Waals surface area contributed by atoms with Gasteiger partial charge in [0.15, 0.2) is 0 Å². The highest BCUT2D eigenvalue weighted by Crippen LogP contribution is 2.22. The van der Waals surface area contributed by atoms with E-state index in [1.165, 1.54) is 6.26 Å². The Morgan fingerprint density at radius 3 is 2.62 bits per heavy atom. The van der Waals surface area contributed by atoms with Crippen LogP contribution in [0.1, 0.15) is 35.9 Å². The number of carbonyl (C=O) groups excluding carboxylic acids is 1. The van der Waals surface area contributed by atoms with Gasteiger partial charge in [0.1, 0.15) is 12.0 Å². The number of furan rings is 1. The Morgan fingerprint density at radius 2 is 2.12 bits per heavy atom. The van der Waals surface area contributed by atoms with Crippen molar-refractivity contribution in [2.45, 2.75) is 32.3 Å². The van der Waals surface area contributed by atoms with E-state index in [-0.39, 0.29) is 5.91 Å². The van der Waals surface area contributed by atoms with Gasteiger partial charge in [-0.25, -0.2) is 0 Å². The lowest BCUT2D eigenvalue weighted by molar-refractivity contribution is -0.00203. The van der Waals surface area contributed by atoms with Crippen molar-refractivity contribution in [3.05, 3.63) is 23.7 Å². The molecule has 0 spiro atoms. The molecule has 1 aromatic rings. The number of piperidine rings is 1. The lowest BCUT2D eigenvalue weighted by Crippen LogP contribution is -2.45. The van der Waals surface area contributed by atoms with E-state index in [4.69, 9.17) is 4.42 Å². The van der Waals surface area contributed by atoms with Gasteiger partial charge in [0.25, 0.3) is 5.91 Å².